The van der Waals surface area contributed by atoms with Crippen LogP contribution in [0.15, 0.2) is 41.4 Å². The van der Waals surface area contributed by atoms with Crippen LogP contribution in [0.5, 0.6) is 5.75 Å². The Morgan fingerprint density at radius 3 is 2.67 bits per heavy atom. The smallest absolute Gasteiger partial charge is 0.244 e. The molecule has 0 radical (unpaired) electrons. The molecule has 1 heterocycles. The van der Waals surface area contributed by atoms with Crippen LogP contribution in [-0.2, 0) is 16.6 Å². The van der Waals surface area contributed by atoms with Crippen molar-refractivity contribution in [1.29, 1.82) is 0 Å². The van der Waals surface area contributed by atoms with Crippen molar-refractivity contribution in [3.63, 3.8) is 0 Å². The molecular formula is C14H17N3O3S. The van der Waals surface area contributed by atoms with Gasteiger partial charge in [-0.15, -0.1) is 0 Å². The zero-order valence-electron chi connectivity index (χ0n) is 11.8. The van der Waals surface area contributed by atoms with Gasteiger partial charge in [-0.3, -0.25) is 4.98 Å². The van der Waals surface area contributed by atoms with Gasteiger partial charge in [-0.2, -0.15) is 0 Å². The molecule has 2 aromatic rings. The Kier molecular flexibility index (Phi) is 4.44. The summed E-state index contributed by atoms with van der Waals surface area (Å²) in [6.45, 7) is 2.01. The summed E-state index contributed by atoms with van der Waals surface area (Å²) in [6, 6.07) is 8.12. The van der Waals surface area contributed by atoms with Crippen LogP contribution in [0.1, 0.15) is 11.3 Å². The molecule has 112 valence electrons. The van der Waals surface area contributed by atoms with E-state index in [-0.39, 0.29) is 17.2 Å². The van der Waals surface area contributed by atoms with Crippen molar-refractivity contribution >= 4 is 15.7 Å². The standard InChI is InChI=1S/C14H17N3O3S/c1-10-3-4-11(8-16-10)9-17-21(18,19)14-7-12(15)5-6-13(14)20-2/h3-8,17H,9,15H2,1-2H3. The van der Waals surface area contributed by atoms with E-state index in [1.165, 1.54) is 19.2 Å². The third kappa shape index (κ3) is 3.71. The lowest BCUT2D eigenvalue weighted by molar-refractivity contribution is 0.402. The summed E-state index contributed by atoms with van der Waals surface area (Å²) in [5.41, 5.74) is 7.64. The van der Waals surface area contributed by atoms with E-state index in [9.17, 15) is 8.42 Å². The quantitative estimate of drug-likeness (QED) is 0.816. The number of aromatic nitrogens is 1. The number of nitrogens with two attached hydrogens (primary N) is 1. The van der Waals surface area contributed by atoms with E-state index in [4.69, 9.17) is 10.5 Å². The highest BCUT2D eigenvalue weighted by Gasteiger charge is 2.19. The molecule has 7 heteroatoms. The van der Waals surface area contributed by atoms with E-state index < -0.39 is 10.0 Å². The summed E-state index contributed by atoms with van der Waals surface area (Å²) in [5, 5.41) is 0. The van der Waals surface area contributed by atoms with Gasteiger partial charge in [-0.25, -0.2) is 13.1 Å². The SMILES string of the molecule is COc1ccc(N)cc1S(=O)(=O)NCc1ccc(C)nc1. The Labute approximate surface area is 124 Å². The minimum atomic E-state index is -3.72. The summed E-state index contributed by atoms with van der Waals surface area (Å²) >= 11 is 0. The van der Waals surface area contributed by atoms with Gasteiger partial charge >= 0.3 is 0 Å². The van der Waals surface area contributed by atoms with Gasteiger partial charge in [0.15, 0.2) is 0 Å². The Morgan fingerprint density at radius 2 is 2.05 bits per heavy atom. The fourth-order valence-corrected chi connectivity index (χ4v) is 2.98. The largest absolute Gasteiger partial charge is 0.495 e. The number of hydrogen-bond acceptors (Lipinski definition) is 5. The molecule has 2 rings (SSSR count). The third-order valence-corrected chi connectivity index (χ3v) is 4.34. The monoisotopic (exact) mass is 307 g/mol. The minimum Gasteiger partial charge on any atom is -0.495 e. The lowest BCUT2D eigenvalue weighted by Gasteiger charge is -2.11. The summed E-state index contributed by atoms with van der Waals surface area (Å²) in [6.07, 6.45) is 1.63. The molecule has 3 N–H and O–H groups in total. The van der Waals surface area contributed by atoms with Gasteiger partial charge < -0.3 is 10.5 Å². The van der Waals surface area contributed by atoms with E-state index >= 15 is 0 Å². The molecule has 6 nitrogen and oxygen atoms in total. The van der Waals surface area contributed by atoms with Crippen LogP contribution in [0.25, 0.3) is 0 Å². The van der Waals surface area contributed by atoms with Crippen molar-refractivity contribution in [2.24, 2.45) is 0 Å². The number of nitrogens with zero attached hydrogens (tertiary/aromatic N) is 1. The molecule has 0 saturated carbocycles. The lowest BCUT2D eigenvalue weighted by atomic mass is 10.2. The molecule has 0 saturated heterocycles. The molecule has 1 aromatic heterocycles. The van der Waals surface area contributed by atoms with Crippen LogP contribution in [0.2, 0.25) is 0 Å². The average Bonchev–Trinajstić information content (AvgIpc) is 2.47. The van der Waals surface area contributed by atoms with Crippen LogP contribution < -0.4 is 15.2 Å². The molecule has 0 unspecified atom stereocenters. The number of anilines is 1. The summed E-state index contributed by atoms with van der Waals surface area (Å²) in [7, 11) is -2.31. The molecular weight excluding hydrogens is 290 g/mol. The van der Waals surface area contributed by atoms with E-state index in [0.29, 0.717) is 5.69 Å². The van der Waals surface area contributed by atoms with Gasteiger partial charge in [0, 0.05) is 24.1 Å². The van der Waals surface area contributed by atoms with E-state index in [1.807, 2.05) is 19.1 Å². The maximum absolute atomic E-state index is 12.3. The molecule has 1 aromatic carbocycles. The molecule has 0 bridgehead atoms. The highest BCUT2D eigenvalue weighted by molar-refractivity contribution is 7.89. The van der Waals surface area contributed by atoms with Crippen molar-refractivity contribution in [3.8, 4) is 5.75 Å². The summed E-state index contributed by atoms with van der Waals surface area (Å²) in [5.74, 6) is 0.249. The second kappa shape index (κ2) is 6.11. The summed E-state index contributed by atoms with van der Waals surface area (Å²) in [4.78, 5) is 4.14. The Morgan fingerprint density at radius 1 is 1.29 bits per heavy atom. The fourth-order valence-electron chi connectivity index (χ4n) is 1.76. The first kappa shape index (κ1) is 15.3. The maximum Gasteiger partial charge on any atom is 0.244 e. The molecule has 0 fully saturated rings. The first-order valence-corrected chi connectivity index (χ1v) is 7.75. The third-order valence-electron chi connectivity index (χ3n) is 2.92. The molecule has 21 heavy (non-hydrogen) atoms. The van der Waals surface area contributed by atoms with E-state index in [2.05, 4.69) is 9.71 Å². The van der Waals surface area contributed by atoms with Crippen molar-refractivity contribution in [2.45, 2.75) is 18.4 Å². The van der Waals surface area contributed by atoms with Crippen molar-refractivity contribution < 1.29 is 13.2 Å². The second-order valence-corrected chi connectivity index (χ2v) is 6.28. The van der Waals surface area contributed by atoms with Gasteiger partial charge in [0.2, 0.25) is 10.0 Å². The Balaban J connectivity index is 2.22. The topological polar surface area (TPSA) is 94.3 Å². The molecule has 0 aliphatic carbocycles. The van der Waals surface area contributed by atoms with Gasteiger partial charge in [0.1, 0.15) is 10.6 Å². The number of benzene rings is 1. The fraction of sp³-hybridized carbons (Fsp3) is 0.214. The number of hydrogen-bond donors (Lipinski definition) is 2. The van der Waals surface area contributed by atoms with E-state index in [1.54, 1.807) is 12.3 Å². The normalized spacial score (nSPS) is 11.3. The Hall–Kier alpha value is -2.12. The van der Waals surface area contributed by atoms with Crippen molar-refractivity contribution in [2.75, 3.05) is 12.8 Å². The van der Waals surface area contributed by atoms with Gasteiger partial charge in [0.25, 0.3) is 0 Å². The van der Waals surface area contributed by atoms with Crippen LogP contribution in [0.3, 0.4) is 0 Å². The first-order valence-electron chi connectivity index (χ1n) is 6.27. The van der Waals surface area contributed by atoms with Crippen LogP contribution >= 0.6 is 0 Å². The maximum atomic E-state index is 12.3. The zero-order valence-corrected chi connectivity index (χ0v) is 12.6. The van der Waals surface area contributed by atoms with Gasteiger partial charge in [0.05, 0.1) is 7.11 Å². The molecule has 0 atom stereocenters. The predicted molar refractivity (Wildman–Crippen MR) is 80.4 cm³/mol. The van der Waals surface area contributed by atoms with Crippen LogP contribution in [-0.4, -0.2) is 20.5 Å². The number of methoxy groups -OCH3 is 1. The highest BCUT2D eigenvalue weighted by atomic mass is 32.2. The minimum absolute atomic E-state index is 0.0186. The summed E-state index contributed by atoms with van der Waals surface area (Å²) < 4.78 is 32.3. The molecule has 0 aliphatic rings. The van der Waals surface area contributed by atoms with E-state index in [0.717, 1.165) is 11.3 Å². The highest BCUT2D eigenvalue weighted by Crippen LogP contribution is 2.25. The zero-order chi connectivity index (χ0) is 15.5. The van der Waals surface area contributed by atoms with Gasteiger partial charge in [-0.1, -0.05) is 6.07 Å². The Bertz CT molecular complexity index is 728. The number of nitrogens with one attached hydrogen (secondary N) is 1. The molecule has 0 spiro atoms. The average molecular weight is 307 g/mol. The van der Waals surface area contributed by atoms with Crippen LogP contribution in [0, 0.1) is 6.92 Å². The van der Waals surface area contributed by atoms with Crippen LogP contribution in [0.4, 0.5) is 5.69 Å². The first-order chi connectivity index (χ1) is 9.92. The lowest BCUT2D eigenvalue weighted by Crippen LogP contribution is -2.24. The predicted octanol–water partition coefficient (Wildman–Crippen LogP) is 1.46. The number of ether oxygens (including phenoxy) is 1. The molecule has 0 aliphatic heterocycles. The molecule has 0 amide bonds. The number of pyridine rings is 1. The number of nitrogen functional groups attached to an aromatic ring is 1. The van der Waals surface area contributed by atoms with Crippen molar-refractivity contribution in [3.05, 3.63) is 47.8 Å². The number of rotatable bonds is 5. The van der Waals surface area contributed by atoms with Crippen molar-refractivity contribution in [1.82, 2.24) is 9.71 Å². The number of aryl methyl sites for hydroxylation is 1. The number of sulfonamides is 1. The van der Waals surface area contributed by atoms with Gasteiger partial charge in [-0.05, 0) is 36.8 Å². The second-order valence-electron chi connectivity index (χ2n) is 4.54.